The van der Waals surface area contributed by atoms with Gasteiger partial charge < -0.3 is 13.7 Å². The van der Waals surface area contributed by atoms with Gasteiger partial charge in [0, 0.05) is 51.5 Å². The molecule has 0 amide bonds. The number of hydrogen-bond donors (Lipinski definition) is 0. The van der Waals surface area contributed by atoms with E-state index in [0.29, 0.717) is 11.5 Å². The minimum absolute atomic E-state index is 0. The molecule has 0 radical (unpaired) electrons. The SMILES string of the molecule is CC1(C)c2cccnc2-n2c3[c-]c(Oc4[c-]c5c(cc4)c4ccccc4n4cc(-c6ccccc6)nc54)ccc3c3cccc1c32.[Pd+2]. The first-order chi connectivity index (χ1) is 22.6. The van der Waals surface area contributed by atoms with Crippen LogP contribution in [0.1, 0.15) is 25.0 Å². The Bertz CT molecular complexity index is 2710. The zero-order chi connectivity index (χ0) is 30.6. The average molecular weight is 697 g/mol. The van der Waals surface area contributed by atoms with Crippen LogP contribution >= 0.6 is 0 Å². The number of aromatic nitrogens is 4. The Morgan fingerprint density at radius 3 is 2.30 bits per heavy atom. The number of para-hydroxylation sites is 2. The number of hydrogen-bond acceptors (Lipinski definition) is 3. The van der Waals surface area contributed by atoms with Gasteiger partial charge in [0.25, 0.3) is 0 Å². The predicted molar refractivity (Wildman–Crippen MR) is 184 cm³/mol. The molecule has 0 N–H and O–H groups in total. The molecule has 0 fully saturated rings. The van der Waals surface area contributed by atoms with E-state index in [-0.39, 0.29) is 25.8 Å². The zero-order valence-electron chi connectivity index (χ0n) is 25.6. The van der Waals surface area contributed by atoms with E-state index < -0.39 is 0 Å². The number of pyridine rings is 2. The van der Waals surface area contributed by atoms with Crippen LogP contribution in [0.3, 0.4) is 0 Å². The summed E-state index contributed by atoms with van der Waals surface area (Å²) in [5.41, 5.74) is 8.38. The van der Waals surface area contributed by atoms with Gasteiger partial charge in [-0.25, -0.2) is 4.98 Å². The summed E-state index contributed by atoms with van der Waals surface area (Å²) >= 11 is 0. The third-order valence-corrected chi connectivity index (χ3v) is 9.61. The van der Waals surface area contributed by atoms with Gasteiger partial charge in [0.1, 0.15) is 5.82 Å². The van der Waals surface area contributed by atoms with Gasteiger partial charge in [0.15, 0.2) is 0 Å². The van der Waals surface area contributed by atoms with E-state index in [2.05, 4.69) is 114 Å². The Labute approximate surface area is 284 Å². The Balaban J connectivity index is 0.00000302. The van der Waals surface area contributed by atoms with Crippen molar-refractivity contribution in [1.29, 1.82) is 0 Å². The van der Waals surface area contributed by atoms with Gasteiger partial charge in [0.05, 0.1) is 11.3 Å². The summed E-state index contributed by atoms with van der Waals surface area (Å²) in [5, 5.41) is 5.45. The van der Waals surface area contributed by atoms with Gasteiger partial charge in [-0.05, 0) is 28.5 Å². The molecule has 5 nitrogen and oxygen atoms in total. The summed E-state index contributed by atoms with van der Waals surface area (Å²) in [6.45, 7) is 4.56. The second-order valence-corrected chi connectivity index (χ2v) is 12.5. The first kappa shape index (κ1) is 28.0. The van der Waals surface area contributed by atoms with Crippen molar-refractivity contribution in [3.63, 3.8) is 0 Å². The van der Waals surface area contributed by atoms with Crippen LogP contribution in [0.4, 0.5) is 0 Å². The molecule has 0 unspecified atom stereocenters. The molecule has 9 aromatic rings. The molecule has 5 heterocycles. The van der Waals surface area contributed by atoms with E-state index in [1.165, 1.54) is 22.0 Å². The quantitative estimate of drug-likeness (QED) is 0.105. The summed E-state index contributed by atoms with van der Waals surface area (Å²) in [4.78, 5) is 9.98. The number of fused-ring (bicyclic) bond motifs is 11. The molecule has 0 atom stereocenters. The van der Waals surface area contributed by atoms with Crippen LogP contribution in [0.2, 0.25) is 0 Å². The maximum atomic E-state index is 6.54. The van der Waals surface area contributed by atoms with Crippen molar-refractivity contribution >= 4 is 49.1 Å². The van der Waals surface area contributed by atoms with E-state index in [9.17, 15) is 0 Å². The molecule has 47 heavy (non-hydrogen) atoms. The average Bonchev–Trinajstić information content (AvgIpc) is 3.69. The Hall–Kier alpha value is -5.28. The van der Waals surface area contributed by atoms with Crippen molar-refractivity contribution in [2.75, 3.05) is 0 Å². The molecule has 0 aliphatic carbocycles. The van der Waals surface area contributed by atoms with Crippen LogP contribution in [0.5, 0.6) is 11.5 Å². The molecular formula is C41H26N4OPd. The number of benzene rings is 5. The minimum Gasteiger partial charge on any atom is -0.503 e. The first-order valence-electron chi connectivity index (χ1n) is 15.5. The molecule has 226 valence electrons. The second kappa shape index (κ2) is 10.1. The minimum atomic E-state index is -0.171. The van der Waals surface area contributed by atoms with E-state index in [0.717, 1.165) is 55.3 Å². The van der Waals surface area contributed by atoms with Crippen LogP contribution in [0.25, 0.3) is 66.2 Å². The van der Waals surface area contributed by atoms with Crippen molar-refractivity contribution in [2.45, 2.75) is 19.3 Å². The molecule has 6 heteroatoms. The van der Waals surface area contributed by atoms with Crippen LogP contribution in [-0.2, 0) is 25.8 Å². The smallest absolute Gasteiger partial charge is 0.503 e. The van der Waals surface area contributed by atoms with E-state index in [4.69, 9.17) is 14.7 Å². The standard InChI is InChI=1S/C41H26N4O.Pd/c1-41(2)33-14-8-13-31-30-20-18-27(23-37(30)45(38(31)33)40-34(41)15-9-21-42-40)46-26-17-19-28-29-12-6-7-16-36(29)44-24-35(25-10-4-3-5-11-25)43-39(44)32(28)22-26;/h3-21,24H,1-2H3;/q-2;+2. The number of rotatable bonds is 3. The van der Waals surface area contributed by atoms with Gasteiger partial charge in [-0.15, -0.1) is 29.7 Å². The van der Waals surface area contributed by atoms with Gasteiger partial charge in [0.2, 0.25) is 0 Å². The topological polar surface area (TPSA) is 44.4 Å². The third-order valence-electron chi connectivity index (χ3n) is 9.61. The monoisotopic (exact) mass is 696 g/mol. The number of imidazole rings is 1. The normalized spacial score (nSPS) is 13.3. The maximum Gasteiger partial charge on any atom is 2.00 e. The van der Waals surface area contributed by atoms with E-state index in [1.54, 1.807) is 0 Å². The van der Waals surface area contributed by atoms with Crippen molar-refractivity contribution < 1.29 is 25.2 Å². The van der Waals surface area contributed by atoms with Gasteiger partial charge in [-0.2, -0.15) is 6.07 Å². The summed E-state index contributed by atoms with van der Waals surface area (Å²) in [6.07, 6.45) is 3.98. The van der Waals surface area contributed by atoms with E-state index >= 15 is 0 Å². The van der Waals surface area contributed by atoms with Crippen molar-refractivity contribution in [2.24, 2.45) is 0 Å². The molecule has 4 aromatic heterocycles. The van der Waals surface area contributed by atoms with Crippen LogP contribution < -0.4 is 4.74 Å². The molecular weight excluding hydrogens is 671 g/mol. The fourth-order valence-corrected chi connectivity index (χ4v) is 7.41. The molecule has 0 saturated heterocycles. The zero-order valence-corrected chi connectivity index (χ0v) is 27.1. The summed E-state index contributed by atoms with van der Waals surface area (Å²) in [6, 6.07) is 44.9. The summed E-state index contributed by atoms with van der Waals surface area (Å²) in [5.74, 6) is 2.18. The molecule has 1 aliphatic rings. The third kappa shape index (κ3) is 3.93. The molecule has 5 aromatic carbocycles. The largest absolute Gasteiger partial charge is 2.00 e. The second-order valence-electron chi connectivity index (χ2n) is 12.5. The number of ether oxygens (including phenoxy) is 1. The Kier molecular flexibility index (Phi) is 6.02. The fourth-order valence-electron chi connectivity index (χ4n) is 7.41. The molecule has 0 bridgehead atoms. The van der Waals surface area contributed by atoms with Crippen molar-refractivity contribution in [3.8, 4) is 28.6 Å². The summed E-state index contributed by atoms with van der Waals surface area (Å²) < 4.78 is 11.0. The fraction of sp³-hybridized carbons (Fsp3) is 0.0732. The van der Waals surface area contributed by atoms with Crippen LogP contribution in [-0.4, -0.2) is 18.9 Å². The van der Waals surface area contributed by atoms with Gasteiger partial charge >= 0.3 is 20.4 Å². The predicted octanol–water partition coefficient (Wildman–Crippen LogP) is 9.83. The van der Waals surface area contributed by atoms with Gasteiger partial charge in [-0.1, -0.05) is 109 Å². The van der Waals surface area contributed by atoms with Crippen LogP contribution in [0.15, 0.2) is 122 Å². The summed E-state index contributed by atoms with van der Waals surface area (Å²) in [7, 11) is 0. The number of nitrogens with zero attached hydrogens (tertiary/aromatic N) is 4. The molecule has 0 spiro atoms. The van der Waals surface area contributed by atoms with Crippen molar-refractivity contribution in [1.82, 2.24) is 18.9 Å². The maximum absolute atomic E-state index is 6.54. The van der Waals surface area contributed by atoms with Gasteiger partial charge in [-0.3, -0.25) is 4.98 Å². The Morgan fingerprint density at radius 1 is 0.681 bits per heavy atom. The molecule has 1 aliphatic heterocycles. The molecule has 10 rings (SSSR count). The molecule has 0 saturated carbocycles. The first-order valence-corrected chi connectivity index (χ1v) is 15.5. The Morgan fingerprint density at radius 2 is 1.43 bits per heavy atom. The van der Waals surface area contributed by atoms with Crippen molar-refractivity contribution in [3.05, 3.63) is 145 Å². The van der Waals surface area contributed by atoms with E-state index in [1.807, 2.05) is 42.6 Å². The van der Waals surface area contributed by atoms with Crippen LogP contribution in [0, 0.1) is 12.1 Å².